The molecule has 0 radical (unpaired) electrons. The summed E-state index contributed by atoms with van der Waals surface area (Å²) in [4.78, 5) is -0.321. The molecule has 2 rings (SSSR count). The van der Waals surface area contributed by atoms with Gasteiger partial charge in [0, 0.05) is 11.1 Å². The van der Waals surface area contributed by atoms with Crippen molar-refractivity contribution in [2.45, 2.75) is 24.3 Å². The van der Waals surface area contributed by atoms with Gasteiger partial charge in [-0.05, 0) is 42.3 Å². The van der Waals surface area contributed by atoms with Crippen molar-refractivity contribution in [1.82, 2.24) is 4.72 Å². The van der Waals surface area contributed by atoms with Gasteiger partial charge in [0.25, 0.3) is 0 Å². The molecule has 1 N–H and O–H groups in total. The van der Waals surface area contributed by atoms with Crippen LogP contribution in [-0.2, 0) is 10.0 Å². The molecule has 0 heterocycles. The van der Waals surface area contributed by atoms with Crippen LogP contribution < -0.4 is 4.72 Å². The number of hydrogen-bond acceptors (Lipinski definition) is 2. The number of hydrogen-bond donors (Lipinski definition) is 1. The molecule has 7 heteroatoms. The van der Waals surface area contributed by atoms with Crippen LogP contribution in [0.2, 0.25) is 5.02 Å². The zero-order valence-electron chi connectivity index (χ0n) is 11.7. The monoisotopic (exact) mass is 345 g/mol. The van der Waals surface area contributed by atoms with Gasteiger partial charge in [0.1, 0.15) is 0 Å². The fraction of sp³-hybridized carbons (Fsp3) is 0.200. The number of sulfonamides is 1. The lowest BCUT2D eigenvalue weighted by atomic mass is 10.1. The minimum Gasteiger partial charge on any atom is -0.207 e. The predicted octanol–water partition coefficient (Wildman–Crippen LogP) is 4.05. The lowest BCUT2D eigenvalue weighted by molar-refractivity contribution is 0.503. The van der Waals surface area contributed by atoms with Gasteiger partial charge in [0.2, 0.25) is 10.0 Å². The van der Waals surface area contributed by atoms with E-state index in [2.05, 4.69) is 4.72 Å². The highest BCUT2D eigenvalue weighted by atomic mass is 35.5. The lowest BCUT2D eigenvalue weighted by Gasteiger charge is -2.17. The summed E-state index contributed by atoms with van der Waals surface area (Å²) < 4.78 is 53.2. The van der Waals surface area contributed by atoms with Crippen LogP contribution in [0.1, 0.15) is 24.9 Å². The van der Waals surface area contributed by atoms with E-state index in [1.54, 1.807) is 24.3 Å². The average molecular weight is 346 g/mol. The van der Waals surface area contributed by atoms with E-state index in [4.69, 9.17) is 11.6 Å². The predicted molar refractivity (Wildman–Crippen MR) is 81.2 cm³/mol. The number of halogens is 3. The third-order valence-electron chi connectivity index (χ3n) is 3.18. The first kappa shape index (κ1) is 16.9. The van der Waals surface area contributed by atoms with Gasteiger partial charge in [-0.1, -0.05) is 30.7 Å². The van der Waals surface area contributed by atoms with E-state index in [1.807, 2.05) is 6.92 Å². The Labute approximate surface area is 133 Å². The smallest absolute Gasteiger partial charge is 0.207 e. The third kappa shape index (κ3) is 3.82. The summed E-state index contributed by atoms with van der Waals surface area (Å²) in [6.07, 6.45) is 0.491. The van der Waals surface area contributed by atoms with Crippen LogP contribution in [0, 0.1) is 11.6 Å². The molecule has 0 aromatic heterocycles. The molecule has 2 aromatic rings. The number of nitrogens with one attached hydrogen (secondary N) is 1. The normalized spacial score (nSPS) is 13.1. The van der Waals surface area contributed by atoms with Crippen LogP contribution in [0.3, 0.4) is 0 Å². The molecular weight excluding hydrogens is 332 g/mol. The van der Waals surface area contributed by atoms with Crippen LogP contribution >= 0.6 is 11.6 Å². The van der Waals surface area contributed by atoms with Gasteiger partial charge in [0.05, 0.1) is 4.90 Å². The molecule has 0 amide bonds. The maximum absolute atomic E-state index is 13.2. The molecule has 0 unspecified atom stereocenters. The van der Waals surface area contributed by atoms with Gasteiger partial charge in [-0.25, -0.2) is 21.9 Å². The number of benzene rings is 2. The zero-order chi connectivity index (χ0) is 16.3. The Balaban J connectivity index is 2.29. The molecule has 1 atom stereocenters. The van der Waals surface area contributed by atoms with Crippen molar-refractivity contribution in [3.63, 3.8) is 0 Å². The topological polar surface area (TPSA) is 46.2 Å². The molecule has 0 bridgehead atoms. The van der Waals surface area contributed by atoms with E-state index in [1.165, 1.54) is 0 Å². The van der Waals surface area contributed by atoms with Crippen LogP contribution in [0.15, 0.2) is 47.4 Å². The summed E-state index contributed by atoms with van der Waals surface area (Å²) in [6.45, 7) is 1.81. The first-order valence-electron chi connectivity index (χ1n) is 6.56. The van der Waals surface area contributed by atoms with E-state index in [9.17, 15) is 17.2 Å². The molecule has 0 saturated carbocycles. The van der Waals surface area contributed by atoms with Crippen molar-refractivity contribution in [2.24, 2.45) is 0 Å². The molecule has 3 nitrogen and oxygen atoms in total. The summed E-state index contributed by atoms with van der Waals surface area (Å²) in [5.74, 6) is -2.30. The van der Waals surface area contributed by atoms with E-state index >= 15 is 0 Å². The van der Waals surface area contributed by atoms with E-state index in [0.717, 1.165) is 17.7 Å². The van der Waals surface area contributed by atoms with Gasteiger partial charge < -0.3 is 0 Å². The van der Waals surface area contributed by atoms with Crippen molar-refractivity contribution in [1.29, 1.82) is 0 Å². The molecular formula is C15H14ClF2NO2S. The minimum absolute atomic E-state index is 0.321. The molecule has 2 aromatic carbocycles. The van der Waals surface area contributed by atoms with Crippen LogP contribution in [0.4, 0.5) is 8.78 Å². The quantitative estimate of drug-likeness (QED) is 0.888. The molecule has 22 heavy (non-hydrogen) atoms. The van der Waals surface area contributed by atoms with Crippen LogP contribution in [0.25, 0.3) is 0 Å². The van der Waals surface area contributed by atoms with Crippen LogP contribution in [0.5, 0.6) is 0 Å². The fourth-order valence-corrected chi connectivity index (χ4v) is 3.43. The second-order valence-corrected chi connectivity index (χ2v) is 6.86. The highest BCUT2D eigenvalue weighted by Gasteiger charge is 2.21. The standard InChI is InChI=1S/C15H14ClF2NO2S/c1-2-15(10-3-5-11(16)6-4-10)19-22(20,21)12-7-8-13(17)14(18)9-12/h3-9,15,19H,2H2,1H3/t15-/m0/s1. The summed E-state index contributed by atoms with van der Waals surface area (Å²) in [6, 6.07) is 8.72. The van der Waals surface area contributed by atoms with Gasteiger partial charge in [-0.2, -0.15) is 0 Å². The van der Waals surface area contributed by atoms with E-state index in [0.29, 0.717) is 17.5 Å². The Morgan fingerprint density at radius 1 is 1.09 bits per heavy atom. The summed E-state index contributed by atoms with van der Waals surface area (Å²) in [7, 11) is -3.96. The highest BCUT2D eigenvalue weighted by Crippen LogP contribution is 2.22. The van der Waals surface area contributed by atoms with E-state index < -0.39 is 27.7 Å². The largest absolute Gasteiger partial charge is 0.241 e. The van der Waals surface area contributed by atoms with Gasteiger partial charge in [-0.3, -0.25) is 0 Å². The van der Waals surface area contributed by atoms with Crippen molar-refractivity contribution in [3.8, 4) is 0 Å². The zero-order valence-corrected chi connectivity index (χ0v) is 13.3. The fourth-order valence-electron chi connectivity index (χ4n) is 1.98. The summed E-state index contributed by atoms with van der Waals surface area (Å²) in [5.41, 5.74) is 0.734. The molecule has 0 saturated heterocycles. The molecule has 118 valence electrons. The second kappa shape index (κ2) is 6.73. The maximum atomic E-state index is 13.2. The van der Waals surface area contributed by atoms with E-state index in [-0.39, 0.29) is 4.90 Å². The Bertz CT molecular complexity index is 764. The highest BCUT2D eigenvalue weighted by molar-refractivity contribution is 7.89. The van der Waals surface area contributed by atoms with Crippen molar-refractivity contribution < 1.29 is 17.2 Å². The molecule has 0 fully saturated rings. The number of rotatable bonds is 5. The Kier molecular flexibility index (Phi) is 5.16. The molecule has 0 aliphatic heterocycles. The third-order valence-corrected chi connectivity index (χ3v) is 4.90. The summed E-state index contributed by atoms with van der Waals surface area (Å²) >= 11 is 5.80. The molecule has 0 spiro atoms. The Morgan fingerprint density at radius 2 is 1.73 bits per heavy atom. The second-order valence-electron chi connectivity index (χ2n) is 4.71. The van der Waals surface area contributed by atoms with Crippen molar-refractivity contribution in [3.05, 3.63) is 64.7 Å². The van der Waals surface area contributed by atoms with Gasteiger partial charge in [0.15, 0.2) is 11.6 Å². The Hall–Kier alpha value is -1.50. The first-order valence-corrected chi connectivity index (χ1v) is 8.42. The SMILES string of the molecule is CC[C@H](NS(=O)(=O)c1ccc(F)c(F)c1)c1ccc(Cl)cc1. The minimum atomic E-state index is -3.96. The molecule has 0 aliphatic rings. The van der Waals surface area contributed by atoms with Crippen molar-refractivity contribution >= 4 is 21.6 Å². The summed E-state index contributed by atoms with van der Waals surface area (Å²) in [5, 5.41) is 0.544. The Morgan fingerprint density at radius 3 is 2.27 bits per heavy atom. The lowest BCUT2D eigenvalue weighted by Crippen LogP contribution is -2.28. The maximum Gasteiger partial charge on any atom is 0.241 e. The molecule has 0 aliphatic carbocycles. The average Bonchev–Trinajstić information content (AvgIpc) is 2.48. The first-order chi connectivity index (χ1) is 10.3. The van der Waals surface area contributed by atoms with Gasteiger partial charge >= 0.3 is 0 Å². The van der Waals surface area contributed by atoms with Gasteiger partial charge in [-0.15, -0.1) is 0 Å². The van der Waals surface area contributed by atoms with Crippen LogP contribution in [-0.4, -0.2) is 8.42 Å². The van der Waals surface area contributed by atoms with Crippen molar-refractivity contribution in [2.75, 3.05) is 0 Å².